The van der Waals surface area contributed by atoms with Gasteiger partial charge in [0.15, 0.2) is 0 Å². The van der Waals surface area contributed by atoms with Crippen LogP contribution in [0.5, 0.6) is 0 Å². The molecule has 0 bridgehead atoms. The monoisotopic (exact) mass is 273 g/mol. The van der Waals surface area contributed by atoms with Crippen molar-refractivity contribution >= 4 is 10.0 Å². The summed E-state index contributed by atoms with van der Waals surface area (Å²) in [7, 11) is -3.54. The molecule has 0 heterocycles. The van der Waals surface area contributed by atoms with Crippen LogP contribution in [0.2, 0.25) is 0 Å². The predicted octanol–water partition coefficient (Wildman–Crippen LogP) is 2.61. The third-order valence-corrected chi connectivity index (χ3v) is 5.04. The average Bonchev–Trinajstić information content (AvgIpc) is 2.74. The summed E-state index contributed by atoms with van der Waals surface area (Å²) in [6, 6.07) is 14.1. The van der Waals surface area contributed by atoms with Crippen LogP contribution >= 0.6 is 0 Å². The number of fused-ring (bicyclic) bond motifs is 3. The van der Waals surface area contributed by atoms with E-state index < -0.39 is 15.3 Å². The molecule has 0 saturated carbocycles. The molecule has 0 aliphatic heterocycles. The van der Waals surface area contributed by atoms with Crippen LogP contribution in [0.3, 0.4) is 0 Å². The minimum absolute atomic E-state index is 0.665. The zero-order chi connectivity index (χ0) is 13.6. The first-order chi connectivity index (χ1) is 8.97. The van der Waals surface area contributed by atoms with Gasteiger partial charge in [-0.2, -0.15) is 0 Å². The van der Waals surface area contributed by atoms with Gasteiger partial charge in [0.05, 0.1) is 5.25 Å². The summed E-state index contributed by atoms with van der Waals surface area (Å²) in [4.78, 5) is 0. The first kappa shape index (κ1) is 12.4. The van der Waals surface area contributed by atoms with E-state index in [4.69, 9.17) is 5.14 Å². The topological polar surface area (TPSA) is 60.2 Å². The van der Waals surface area contributed by atoms with Gasteiger partial charge in [-0.25, -0.2) is 13.6 Å². The lowest BCUT2D eigenvalue weighted by molar-refractivity contribution is 0.588. The second-order valence-electron chi connectivity index (χ2n) is 4.98. The van der Waals surface area contributed by atoms with Gasteiger partial charge >= 0.3 is 0 Å². The van der Waals surface area contributed by atoms with Crippen molar-refractivity contribution in [2.75, 3.05) is 0 Å². The van der Waals surface area contributed by atoms with E-state index in [1.54, 1.807) is 6.92 Å². The van der Waals surface area contributed by atoms with Crippen molar-refractivity contribution in [2.24, 2.45) is 5.14 Å². The maximum atomic E-state index is 11.4. The summed E-state index contributed by atoms with van der Waals surface area (Å²) in [6.45, 7) is 1.62. The number of hydrogen-bond acceptors (Lipinski definition) is 2. The van der Waals surface area contributed by atoms with Gasteiger partial charge in [0.2, 0.25) is 10.0 Å². The quantitative estimate of drug-likeness (QED) is 0.780. The maximum absolute atomic E-state index is 11.4. The molecule has 0 radical (unpaired) electrons. The normalized spacial score (nSPS) is 14.8. The Kier molecular flexibility index (Phi) is 2.73. The molecule has 98 valence electrons. The Labute approximate surface area is 113 Å². The molecule has 0 amide bonds. The molecule has 1 unspecified atom stereocenters. The van der Waals surface area contributed by atoms with Gasteiger partial charge in [0.1, 0.15) is 0 Å². The Bertz CT molecular complexity index is 750. The molecule has 4 heteroatoms. The fourth-order valence-electron chi connectivity index (χ4n) is 2.61. The van der Waals surface area contributed by atoms with Crippen LogP contribution in [-0.2, 0) is 16.4 Å². The number of sulfonamides is 1. The van der Waals surface area contributed by atoms with E-state index in [9.17, 15) is 8.42 Å². The van der Waals surface area contributed by atoms with E-state index in [1.807, 2.05) is 30.3 Å². The van der Waals surface area contributed by atoms with Crippen molar-refractivity contribution in [2.45, 2.75) is 18.6 Å². The zero-order valence-electron chi connectivity index (χ0n) is 10.6. The number of primary sulfonamides is 1. The Hall–Kier alpha value is -1.65. The van der Waals surface area contributed by atoms with Gasteiger partial charge < -0.3 is 0 Å². The van der Waals surface area contributed by atoms with Crippen molar-refractivity contribution in [1.29, 1.82) is 0 Å². The van der Waals surface area contributed by atoms with Gasteiger partial charge in [-0.3, -0.25) is 0 Å². The third kappa shape index (κ3) is 2.07. The molecule has 0 spiro atoms. The first-order valence-electron chi connectivity index (χ1n) is 6.19. The molecule has 3 nitrogen and oxygen atoms in total. The average molecular weight is 273 g/mol. The van der Waals surface area contributed by atoms with Gasteiger partial charge in [0.25, 0.3) is 0 Å². The standard InChI is InChI=1S/C15H15NO2S/c1-10(19(16,17)18)11-6-7-15-13(8-11)9-12-4-2-3-5-14(12)15/h2-8,10H,9H2,1H3,(H2,16,17,18). The number of hydrogen-bond donors (Lipinski definition) is 1. The molecule has 2 aromatic carbocycles. The third-order valence-electron chi connectivity index (χ3n) is 3.78. The molecule has 0 saturated heterocycles. The lowest BCUT2D eigenvalue weighted by atomic mass is 10.0. The summed E-state index contributed by atoms with van der Waals surface area (Å²) >= 11 is 0. The Morgan fingerprint density at radius 3 is 2.47 bits per heavy atom. The summed E-state index contributed by atoms with van der Waals surface area (Å²) < 4.78 is 22.9. The van der Waals surface area contributed by atoms with Crippen molar-refractivity contribution in [3.8, 4) is 11.1 Å². The summed E-state index contributed by atoms with van der Waals surface area (Å²) in [5.41, 5.74) is 5.66. The summed E-state index contributed by atoms with van der Waals surface area (Å²) in [5, 5.41) is 4.55. The minimum atomic E-state index is -3.54. The van der Waals surface area contributed by atoms with Gasteiger partial charge in [-0.1, -0.05) is 42.5 Å². The second kappa shape index (κ2) is 4.18. The van der Waals surface area contributed by atoms with E-state index >= 15 is 0 Å². The molecule has 2 N–H and O–H groups in total. The van der Waals surface area contributed by atoms with E-state index in [0.29, 0.717) is 0 Å². The Balaban J connectivity index is 2.07. The van der Waals surface area contributed by atoms with Crippen molar-refractivity contribution < 1.29 is 8.42 Å². The molecule has 2 aromatic rings. The molecule has 1 aliphatic carbocycles. The van der Waals surface area contributed by atoms with Crippen LogP contribution in [0, 0.1) is 0 Å². The van der Waals surface area contributed by atoms with Gasteiger partial charge in [-0.15, -0.1) is 0 Å². The first-order valence-corrected chi connectivity index (χ1v) is 7.80. The van der Waals surface area contributed by atoms with Crippen molar-refractivity contribution in [1.82, 2.24) is 0 Å². The molecule has 19 heavy (non-hydrogen) atoms. The largest absolute Gasteiger partial charge is 0.228 e. The summed E-state index contributed by atoms with van der Waals surface area (Å²) in [6.07, 6.45) is 0.858. The van der Waals surface area contributed by atoms with E-state index in [-0.39, 0.29) is 0 Å². The van der Waals surface area contributed by atoms with Gasteiger partial charge in [-0.05, 0) is 41.2 Å². The molecule has 1 aliphatic rings. The van der Waals surface area contributed by atoms with Crippen LogP contribution in [0.1, 0.15) is 28.9 Å². The fourth-order valence-corrected chi connectivity index (χ4v) is 3.13. The molecule has 0 aromatic heterocycles. The predicted molar refractivity (Wildman–Crippen MR) is 76.2 cm³/mol. The van der Waals surface area contributed by atoms with Crippen LogP contribution in [-0.4, -0.2) is 8.42 Å². The molecular formula is C15H15NO2S. The number of nitrogens with two attached hydrogens (primary N) is 1. The Morgan fingerprint density at radius 1 is 1.05 bits per heavy atom. The highest BCUT2D eigenvalue weighted by atomic mass is 32.2. The smallest absolute Gasteiger partial charge is 0.215 e. The van der Waals surface area contributed by atoms with Crippen LogP contribution in [0.25, 0.3) is 11.1 Å². The number of rotatable bonds is 2. The Morgan fingerprint density at radius 2 is 1.74 bits per heavy atom. The van der Waals surface area contributed by atoms with Crippen LogP contribution in [0.15, 0.2) is 42.5 Å². The fraction of sp³-hybridized carbons (Fsp3) is 0.200. The maximum Gasteiger partial charge on any atom is 0.215 e. The van der Waals surface area contributed by atoms with E-state index in [1.165, 1.54) is 22.3 Å². The van der Waals surface area contributed by atoms with Crippen LogP contribution < -0.4 is 5.14 Å². The molecule has 0 fully saturated rings. The minimum Gasteiger partial charge on any atom is -0.228 e. The molecular weight excluding hydrogens is 258 g/mol. The van der Waals surface area contributed by atoms with Crippen molar-refractivity contribution in [3.05, 3.63) is 59.2 Å². The lowest BCUT2D eigenvalue weighted by Gasteiger charge is -2.11. The second-order valence-corrected chi connectivity index (χ2v) is 6.87. The van der Waals surface area contributed by atoms with Gasteiger partial charge in [0, 0.05) is 0 Å². The highest BCUT2D eigenvalue weighted by Gasteiger charge is 2.22. The molecule has 3 rings (SSSR count). The lowest BCUT2D eigenvalue weighted by Crippen LogP contribution is -2.19. The highest BCUT2D eigenvalue weighted by Crippen LogP contribution is 2.37. The van der Waals surface area contributed by atoms with Crippen molar-refractivity contribution in [3.63, 3.8) is 0 Å². The molecule has 1 atom stereocenters. The number of benzene rings is 2. The van der Waals surface area contributed by atoms with Crippen LogP contribution in [0.4, 0.5) is 0 Å². The van der Waals surface area contributed by atoms with E-state index in [2.05, 4.69) is 12.1 Å². The SMILES string of the molecule is CC(c1ccc2c(c1)Cc1ccccc1-2)S(N)(=O)=O. The summed E-state index contributed by atoms with van der Waals surface area (Å²) in [5.74, 6) is 0. The zero-order valence-corrected chi connectivity index (χ0v) is 11.4. The van der Waals surface area contributed by atoms with E-state index in [0.717, 1.165) is 12.0 Å². The highest BCUT2D eigenvalue weighted by molar-refractivity contribution is 7.89.